The molecule has 1 aliphatic rings. The van der Waals surface area contributed by atoms with Crippen molar-refractivity contribution in [1.82, 2.24) is 20.7 Å². The van der Waals surface area contributed by atoms with Crippen LogP contribution in [0.25, 0.3) is 5.70 Å². The second-order valence-electron chi connectivity index (χ2n) is 9.02. The number of hydrogen-bond acceptors (Lipinski definition) is 7. The maximum atomic E-state index is 13.4. The molecule has 1 aromatic heterocycles. The van der Waals surface area contributed by atoms with Crippen molar-refractivity contribution in [3.05, 3.63) is 76.7 Å². The molecule has 9 nitrogen and oxygen atoms in total. The van der Waals surface area contributed by atoms with Crippen LogP contribution in [0.3, 0.4) is 0 Å². The molecule has 0 fully saturated rings. The Morgan fingerprint density at radius 2 is 1.95 bits per heavy atom. The Bertz CT molecular complexity index is 1370. The molecule has 0 spiro atoms. The first-order valence-corrected chi connectivity index (χ1v) is 11.8. The van der Waals surface area contributed by atoms with Crippen molar-refractivity contribution in [3.8, 4) is 0 Å². The molecular formula is C26H30F3N7O2. The van der Waals surface area contributed by atoms with E-state index in [0.29, 0.717) is 24.5 Å². The number of carbonyl (C=O) groups is 1. The molecule has 0 radical (unpaired) electrons. The standard InChI is InChI=1S/C26H30F3N7O2/c1-16-6-7-18(12-24(16)36-15-22(32-33-36)20-14-30-35(4)17(20)2)25(37)31-21-13-19(26(27,28)29)8-9-23(21)34(3)10-11-38-5/h6-9,12-15,32-33H,10-11H2,1-5H3,(H,31,37). The van der Waals surface area contributed by atoms with E-state index in [2.05, 4.69) is 21.4 Å². The number of anilines is 3. The molecule has 0 bridgehead atoms. The van der Waals surface area contributed by atoms with Crippen LogP contribution in [0, 0.1) is 13.8 Å². The van der Waals surface area contributed by atoms with Gasteiger partial charge in [0.2, 0.25) is 0 Å². The number of benzene rings is 2. The normalized spacial score (nSPS) is 13.4. The number of halogens is 3. The predicted molar refractivity (Wildman–Crippen MR) is 140 cm³/mol. The summed E-state index contributed by atoms with van der Waals surface area (Å²) < 4.78 is 47.2. The molecule has 1 amide bonds. The highest BCUT2D eigenvalue weighted by Gasteiger charge is 2.31. The van der Waals surface area contributed by atoms with E-state index in [9.17, 15) is 18.0 Å². The first-order valence-electron chi connectivity index (χ1n) is 11.8. The Kier molecular flexibility index (Phi) is 7.65. The number of nitrogens with one attached hydrogen (secondary N) is 3. The molecule has 0 saturated heterocycles. The molecule has 202 valence electrons. The van der Waals surface area contributed by atoms with Crippen molar-refractivity contribution in [3.63, 3.8) is 0 Å². The Morgan fingerprint density at radius 3 is 2.61 bits per heavy atom. The van der Waals surface area contributed by atoms with E-state index >= 15 is 0 Å². The van der Waals surface area contributed by atoms with Crippen LogP contribution >= 0.6 is 0 Å². The summed E-state index contributed by atoms with van der Waals surface area (Å²) in [5.41, 5.74) is 10.4. The van der Waals surface area contributed by atoms with Gasteiger partial charge >= 0.3 is 6.18 Å². The number of methoxy groups -OCH3 is 1. The second kappa shape index (κ2) is 10.8. The Hall–Kier alpha value is -4.03. The summed E-state index contributed by atoms with van der Waals surface area (Å²) >= 11 is 0. The fourth-order valence-corrected chi connectivity index (χ4v) is 4.04. The zero-order chi connectivity index (χ0) is 27.6. The van der Waals surface area contributed by atoms with Gasteiger partial charge in [-0.3, -0.25) is 14.5 Å². The number of hydrazine groups is 2. The van der Waals surface area contributed by atoms with Crippen LogP contribution in [-0.2, 0) is 18.0 Å². The third kappa shape index (κ3) is 5.60. The Labute approximate surface area is 218 Å². The minimum absolute atomic E-state index is 0.0563. The van der Waals surface area contributed by atoms with Gasteiger partial charge in [-0.25, -0.2) is 0 Å². The lowest BCUT2D eigenvalue weighted by molar-refractivity contribution is -0.137. The highest BCUT2D eigenvalue weighted by Crippen LogP contribution is 2.35. The molecule has 3 aromatic rings. The molecule has 2 heterocycles. The molecule has 38 heavy (non-hydrogen) atoms. The lowest BCUT2D eigenvalue weighted by atomic mass is 10.1. The Morgan fingerprint density at radius 1 is 1.18 bits per heavy atom. The van der Waals surface area contributed by atoms with Crippen molar-refractivity contribution in [2.24, 2.45) is 7.05 Å². The number of nitrogens with zero attached hydrogens (tertiary/aromatic N) is 4. The third-order valence-electron chi connectivity index (χ3n) is 6.44. The number of likely N-dealkylation sites (N-methyl/N-ethyl adjacent to an activating group) is 1. The number of aryl methyl sites for hydroxylation is 2. The van der Waals surface area contributed by atoms with Gasteiger partial charge in [-0.2, -0.15) is 18.3 Å². The highest BCUT2D eigenvalue weighted by molar-refractivity contribution is 6.06. The quantitative estimate of drug-likeness (QED) is 0.403. The lowest BCUT2D eigenvalue weighted by Gasteiger charge is -2.24. The van der Waals surface area contributed by atoms with Crippen molar-refractivity contribution < 1.29 is 22.7 Å². The number of ether oxygens (including phenoxy) is 1. The van der Waals surface area contributed by atoms with Crippen LogP contribution in [0.5, 0.6) is 0 Å². The van der Waals surface area contributed by atoms with Crippen LogP contribution in [0.15, 0.2) is 48.8 Å². The summed E-state index contributed by atoms with van der Waals surface area (Å²) in [5.74, 6) is -0.536. The van der Waals surface area contributed by atoms with Gasteiger partial charge in [-0.05, 0) is 49.7 Å². The number of aromatic nitrogens is 2. The van der Waals surface area contributed by atoms with E-state index in [4.69, 9.17) is 4.74 Å². The number of hydrogen-bond donors (Lipinski definition) is 3. The Balaban J connectivity index is 1.62. The van der Waals surface area contributed by atoms with E-state index < -0.39 is 17.6 Å². The largest absolute Gasteiger partial charge is 0.416 e. The van der Waals surface area contributed by atoms with Gasteiger partial charge in [0.25, 0.3) is 5.91 Å². The van der Waals surface area contributed by atoms with E-state index in [1.807, 2.05) is 27.1 Å². The number of rotatable bonds is 8. The molecule has 4 rings (SSSR count). The zero-order valence-corrected chi connectivity index (χ0v) is 21.8. The average Bonchev–Trinajstić information content (AvgIpc) is 3.48. The molecule has 3 N–H and O–H groups in total. The minimum Gasteiger partial charge on any atom is -0.383 e. The average molecular weight is 530 g/mol. The van der Waals surface area contributed by atoms with Crippen LogP contribution < -0.4 is 26.2 Å². The van der Waals surface area contributed by atoms with Crippen LogP contribution in [0.1, 0.15) is 32.7 Å². The summed E-state index contributed by atoms with van der Waals surface area (Å²) in [6.07, 6.45) is -0.943. The third-order valence-corrected chi connectivity index (χ3v) is 6.44. The summed E-state index contributed by atoms with van der Waals surface area (Å²) in [7, 11) is 5.12. The second-order valence-corrected chi connectivity index (χ2v) is 9.02. The van der Waals surface area contributed by atoms with Crippen molar-refractivity contribution in [2.45, 2.75) is 20.0 Å². The van der Waals surface area contributed by atoms with E-state index in [1.165, 1.54) is 6.07 Å². The summed E-state index contributed by atoms with van der Waals surface area (Å²) in [5, 5.41) is 8.68. The van der Waals surface area contributed by atoms with E-state index in [0.717, 1.165) is 34.7 Å². The molecule has 0 saturated carbocycles. The zero-order valence-electron chi connectivity index (χ0n) is 21.8. The maximum absolute atomic E-state index is 13.4. The summed E-state index contributed by atoms with van der Waals surface area (Å²) in [6, 6.07) is 8.39. The van der Waals surface area contributed by atoms with E-state index in [-0.39, 0.29) is 11.3 Å². The van der Waals surface area contributed by atoms with Gasteiger partial charge in [0.15, 0.2) is 0 Å². The number of amides is 1. The van der Waals surface area contributed by atoms with Crippen LogP contribution in [-0.4, -0.2) is 43.0 Å². The van der Waals surface area contributed by atoms with Crippen molar-refractivity contribution >= 4 is 28.7 Å². The predicted octanol–water partition coefficient (Wildman–Crippen LogP) is 4.22. The summed E-state index contributed by atoms with van der Waals surface area (Å²) in [6.45, 7) is 4.66. The van der Waals surface area contributed by atoms with Crippen LogP contribution in [0.2, 0.25) is 0 Å². The lowest BCUT2D eigenvalue weighted by Crippen LogP contribution is -2.36. The molecule has 1 aliphatic heterocycles. The number of carbonyl (C=O) groups excluding carboxylic acids is 1. The fourth-order valence-electron chi connectivity index (χ4n) is 4.04. The highest BCUT2D eigenvalue weighted by atomic mass is 19.4. The van der Waals surface area contributed by atoms with Gasteiger partial charge < -0.3 is 20.4 Å². The van der Waals surface area contributed by atoms with E-state index in [1.54, 1.807) is 53.1 Å². The first-order chi connectivity index (χ1) is 18.0. The molecular weight excluding hydrogens is 499 g/mol. The van der Waals surface area contributed by atoms with Gasteiger partial charge in [-0.15, -0.1) is 5.53 Å². The van der Waals surface area contributed by atoms with Crippen LogP contribution in [0.4, 0.5) is 30.2 Å². The summed E-state index contributed by atoms with van der Waals surface area (Å²) in [4.78, 5) is 15.0. The van der Waals surface area contributed by atoms with Crippen molar-refractivity contribution in [2.75, 3.05) is 42.5 Å². The van der Waals surface area contributed by atoms with Gasteiger partial charge in [0, 0.05) is 50.8 Å². The molecule has 0 atom stereocenters. The smallest absolute Gasteiger partial charge is 0.383 e. The topological polar surface area (TPSA) is 86.7 Å². The SMILES string of the molecule is COCCN(C)c1ccc(C(F)(F)F)cc1NC(=O)c1ccc(C)c(N2C=C(c3cnn(C)c3C)NN2)c1. The molecule has 12 heteroatoms. The van der Waals surface area contributed by atoms with Gasteiger partial charge in [-0.1, -0.05) is 6.07 Å². The minimum atomic E-state index is -4.55. The first kappa shape index (κ1) is 27.0. The van der Waals surface area contributed by atoms with Gasteiger partial charge in [0.05, 0.1) is 41.1 Å². The molecule has 0 unspecified atom stereocenters. The molecule has 0 aliphatic carbocycles. The monoisotopic (exact) mass is 529 g/mol. The number of alkyl halides is 3. The van der Waals surface area contributed by atoms with Crippen molar-refractivity contribution in [1.29, 1.82) is 0 Å². The molecule has 2 aromatic carbocycles. The van der Waals surface area contributed by atoms with Gasteiger partial charge in [0.1, 0.15) is 0 Å². The maximum Gasteiger partial charge on any atom is 0.416 e. The fraction of sp³-hybridized carbons (Fsp3) is 0.308.